The molecule has 0 aromatic heterocycles. The number of carbonyl (C=O) groups excluding carboxylic acids is 1. The van der Waals surface area contributed by atoms with E-state index in [4.69, 9.17) is 0 Å². The maximum atomic E-state index is 12.3. The Kier molecular flexibility index (Phi) is 5.35. The molecule has 1 amide bonds. The number of carbonyl (C=O) groups is 1. The molecule has 0 bridgehead atoms. The predicted octanol–water partition coefficient (Wildman–Crippen LogP) is 4.46. The molecule has 1 unspecified atom stereocenters. The van der Waals surface area contributed by atoms with Crippen LogP contribution in [-0.2, 0) is 11.2 Å². The fourth-order valence-corrected chi connectivity index (χ4v) is 4.07. The predicted molar refractivity (Wildman–Crippen MR) is 111 cm³/mol. The molecule has 1 saturated heterocycles. The first-order chi connectivity index (χ1) is 13.2. The lowest BCUT2D eigenvalue weighted by Crippen LogP contribution is -2.31. The molecular formula is C23H27N3O. The van der Waals surface area contributed by atoms with Crippen LogP contribution in [0.25, 0.3) is 0 Å². The third-order valence-electron chi connectivity index (χ3n) is 5.65. The monoisotopic (exact) mass is 361 g/mol. The highest BCUT2D eigenvalue weighted by atomic mass is 16.2. The van der Waals surface area contributed by atoms with Crippen molar-refractivity contribution >= 4 is 23.5 Å². The minimum atomic E-state index is -0.306. The van der Waals surface area contributed by atoms with Crippen LogP contribution in [0, 0.1) is 6.92 Å². The highest BCUT2D eigenvalue weighted by molar-refractivity contribution is 6.13. The number of fused-ring (bicyclic) bond motifs is 1. The lowest BCUT2D eigenvalue weighted by atomic mass is 9.97. The van der Waals surface area contributed by atoms with Gasteiger partial charge in [0.15, 0.2) is 0 Å². The summed E-state index contributed by atoms with van der Waals surface area (Å²) < 4.78 is 0. The fourth-order valence-electron chi connectivity index (χ4n) is 4.07. The normalized spacial score (nSPS) is 20.0. The largest absolute Gasteiger partial charge is 0.325 e. The number of anilines is 1. The molecule has 1 fully saturated rings. The summed E-state index contributed by atoms with van der Waals surface area (Å²) in [5, 5.41) is 2.95. The van der Waals surface area contributed by atoms with E-state index in [0.717, 1.165) is 35.5 Å². The van der Waals surface area contributed by atoms with Gasteiger partial charge in [0.2, 0.25) is 5.91 Å². The number of nitrogens with one attached hydrogen (secondary N) is 1. The van der Waals surface area contributed by atoms with Gasteiger partial charge in [-0.3, -0.25) is 9.79 Å². The molecule has 4 rings (SSSR count). The summed E-state index contributed by atoms with van der Waals surface area (Å²) >= 11 is 0. The highest BCUT2D eigenvalue weighted by Gasteiger charge is 2.30. The second-order valence-corrected chi connectivity index (χ2v) is 7.60. The first kappa shape index (κ1) is 17.9. The Labute approximate surface area is 161 Å². The van der Waals surface area contributed by atoms with Crippen LogP contribution in [0.2, 0.25) is 0 Å². The van der Waals surface area contributed by atoms with Crippen molar-refractivity contribution in [1.29, 1.82) is 0 Å². The molecule has 1 N–H and O–H groups in total. The quantitative estimate of drug-likeness (QED) is 0.799. The zero-order valence-corrected chi connectivity index (χ0v) is 15.9. The molecule has 2 aromatic rings. The van der Waals surface area contributed by atoms with Gasteiger partial charge in [-0.15, -0.1) is 0 Å². The molecule has 140 valence electrons. The molecule has 4 heteroatoms. The van der Waals surface area contributed by atoms with Crippen molar-refractivity contribution in [3.05, 3.63) is 59.2 Å². The summed E-state index contributed by atoms with van der Waals surface area (Å²) in [4.78, 5) is 19.4. The third-order valence-corrected chi connectivity index (χ3v) is 5.65. The summed E-state index contributed by atoms with van der Waals surface area (Å²) in [7, 11) is 0. The fraction of sp³-hybridized carbons (Fsp3) is 0.391. The van der Waals surface area contributed by atoms with Gasteiger partial charge in [-0.25, -0.2) is 0 Å². The number of hydrogen-bond acceptors (Lipinski definition) is 3. The Morgan fingerprint density at radius 1 is 1.11 bits per heavy atom. The van der Waals surface area contributed by atoms with E-state index in [2.05, 4.69) is 27.3 Å². The first-order valence-corrected chi connectivity index (χ1v) is 9.96. The Hall–Kier alpha value is -2.46. The molecule has 4 nitrogen and oxygen atoms in total. The average Bonchev–Trinajstić information content (AvgIpc) is 3.03. The van der Waals surface area contributed by atoms with Gasteiger partial charge in [-0.05, 0) is 74.2 Å². The van der Waals surface area contributed by atoms with Gasteiger partial charge in [0, 0.05) is 18.4 Å². The van der Waals surface area contributed by atoms with Crippen LogP contribution in [0.3, 0.4) is 0 Å². The SMILES string of the molecule is Cc1cccc2c1C(C=Nc1ccc(CCN3CCCCC3)cc1)C(=O)N2. The van der Waals surface area contributed by atoms with E-state index in [9.17, 15) is 4.79 Å². The zero-order chi connectivity index (χ0) is 18.6. The van der Waals surface area contributed by atoms with Crippen LogP contribution in [0.15, 0.2) is 47.5 Å². The van der Waals surface area contributed by atoms with E-state index in [1.807, 2.05) is 37.3 Å². The van der Waals surface area contributed by atoms with E-state index in [0.29, 0.717) is 0 Å². The van der Waals surface area contributed by atoms with Gasteiger partial charge >= 0.3 is 0 Å². The number of likely N-dealkylation sites (tertiary alicyclic amines) is 1. The zero-order valence-electron chi connectivity index (χ0n) is 15.9. The molecule has 0 radical (unpaired) electrons. The maximum absolute atomic E-state index is 12.3. The minimum absolute atomic E-state index is 0.00111. The third kappa shape index (κ3) is 4.11. The van der Waals surface area contributed by atoms with Crippen LogP contribution >= 0.6 is 0 Å². The first-order valence-electron chi connectivity index (χ1n) is 9.96. The standard InChI is InChI=1S/C23H27N3O/c1-17-6-5-7-21-22(17)20(23(27)25-21)16-24-19-10-8-18(9-11-19)12-15-26-13-3-2-4-14-26/h5-11,16,20H,2-4,12-15H2,1H3,(H,25,27). The van der Waals surface area contributed by atoms with Gasteiger partial charge in [-0.1, -0.05) is 30.7 Å². The van der Waals surface area contributed by atoms with Crippen molar-refractivity contribution in [2.75, 3.05) is 25.0 Å². The molecular weight excluding hydrogens is 334 g/mol. The molecule has 2 heterocycles. The lowest BCUT2D eigenvalue weighted by Gasteiger charge is -2.26. The maximum Gasteiger partial charge on any atom is 0.237 e. The topological polar surface area (TPSA) is 44.7 Å². The molecule has 0 saturated carbocycles. The molecule has 1 atom stereocenters. The smallest absolute Gasteiger partial charge is 0.237 e. The van der Waals surface area contributed by atoms with E-state index in [1.165, 1.54) is 37.9 Å². The number of rotatable bonds is 5. The summed E-state index contributed by atoms with van der Waals surface area (Å²) in [5.41, 5.74) is 5.31. The van der Waals surface area contributed by atoms with Gasteiger partial charge in [0.25, 0.3) is 0 Å². The summed E-state index contributed by atoms with van der Waals surface area (Å²) in [6, 6.07) is 14.4. The molecule has 27 heavy (non-hydrogen) atoms. The second-order valence-electron chi connectivity index (χ2n) is 7.60. The highest BCUT2D eigenvalue weighted by Crippen LogP contribution is 2.34. The van der Waals surface area contributed by atoms with E-state index < -0.39 is 0 Å². The van der Waals surface area contributed by atoms with E-state index in [1.54, 1.807) is 6.21 Å². The lowest BCUT2D eigenvalue weighted by molar-refractivity contribution is -0.115. The number of aliphatic imine (C=N–C) groups is 1. The van der Waals surface area contributed by atoms with E-state index >= 15 is 0 Å². The number of hydrogen-bond donors (Lipinski definition) is 1. The Bertz CT molecular complexity index is 835. The van der Waals surface area contributed by atoms with Gasteiger partial charge < -0.3 is 10.2 Å². The van der Waals surface area contributed by atoms with Crippen molar-refractivity contribution in [3.8, 4) is 0 Å². The number of nitrogens with zero attached hydrogens (tertiary/aromatic N) is 2. The number of aryl methyl sites for hydroxylation is 1. The molecule has 2 aliphatic heterocycles. The molecule has 0 spiro atoms. The molecule has 2 aliphatic rings. The Morgan fingerprint density at radius 3 is 2.67 bits per heavy atom. The van der Waals surface area contributed by atoms with Crippen LogP contribution in [-0.4, -0.2) is 36.7 Å². The molecule has 2 aromatic carbocycles. The van der Waals surface area contributed by atoms with Crippen LogP contribution in [0.1, 0.15) is 41.9 Å². The summed E-state index contributed by atoms with van der Waals surface area (Å²) in [6.07, 6.45) is 6.92. The molecule has 0 aliphatic carbocycles. The number of amides is 1. The number of benzene rings is 2. The second kappa shape index (κ2) is 8.05. The van der Waals surface area contributed by atoms with Gasteiger partial charge in [0.05, 0.1) is 5.69 Å². The van der Waals surface area contributed by atoms with Crippen LogP contribution < -0.4 is 5.32 Å². The van der Waals surface area contributed by atoms with Crippen molar-refractivity contribution in [2.45, 2.75) is 38.5 Å². The number of piperidine rings is 1. The van der Waals surface area contributed by atoms with Crippen LogP contribution in [0.5, 0.6) is 0 Å². The summed E-state index contributed by atoms with van der Waals surface area (Å²) in [6.45, 7) is 5.66. The van der Waals surface area contributed by atoms with Crippen LogP contribution in [0.4, 0.5) is 11.4 Å². The Morgan fingerprint density at radius 2 is 1.89 bits per heavy atom. The van der Waals surface area contributed by atoms with Crippen molar-refractivity contribution < 1.29 is 4.79 Å². The summed E-state index contributed by atoms with van der Waals surface area (Å²) in [5.74, 6) is -0.304. The minimum Gasteiger partial charge on any atom is -0.325 e. The van der Waals surface area contributed by atoms with Crippen molar-refractivity contribution in [3.63, 3.8) is 0 Å². The van der Waals surface area contributed by atoms with Gasteiger partial charge in [-0.2, -0.15) is 0 Å². The van der Waals surface area contributed by atoms with Crippen molar-refractivity contribution in [2.24, 2.45) is 4.99 Å². The van der Waals surface area contributed by atoms with Crippen molar-refractivity contribution in [1.82, 2.24) is 4.90 Å². The van der Waals surface area contributed by atoms with E-state index in [-0.39, 0.29) is 11.8 Å². The Balaban J connectivity index is 1.39. The average molecular weight is 361 g/mol. The van der Waals surface area contributed by atoms with Gasteiger partial charge in [0.1, 0.15) is 5.92 Å².